The number of hydrogen-bond donors (Lipinski definition) is 2. The van der Waals surface area contributed by atoms with Gasteiger partial charge in [-0.1, -0.05) is 43.7 Å². The molecule has 3 rings (SSSR count). The molecule has 0 aliphatic carbocycles. The van der Waals surface area contributed by atoms with Gasteiger partial charge in [-0.15, -0.1) is 0 Å². The van der Waals surface area contributed by atoms with Crippen molar-refractivity contribution in [2.24, 2.45) is 5.92 Å². The van der Waals surface area contributed by atoms with Crippen LogP contribution in [0.5, 0.6) is 0 Å². The van der Waals surface area contributed by atoms with Crippen molar-refractivity contribution in [2.45, 2.75) is 59.0 Å². The Kier molecular flexibility index (Phi) is 6.67. The van der Waals surface area contributed by atoms with Gasteiger partial charge < -0.3 is 10.2 Å². The summed E-state index contributed by atoms with van der Waals surface area (Å²) in [6.07, 6.45) is 5.83. The molecule has 0 atom stereocenters. The van der Waals surface area contributed by atoms with Gasteiger partial charge in [-0.3, -0.25) is 9.89 Å². The van der Waals surface area contributed by atoms with Gasteiger partial charge in [-0.2, -0.15) is 5.10 Å². The van der Waals surface area contributed by atoms with Crippen LogP contribution in [0, 0.1) is 12.8 Å². The Labute approximate surface area is 162 Å². The number of aromatic amines is 1. The second-order valence-electron chi connectivity index (χ2n) is 7.63. The van der Waals surface area contributed by atoms with Gasteiger partial charge in [-0.25, -0.2) is 0 Å². The summed E-state index contributed by atoms with van der Waals surface area (Å²) in [5.41, 5.74) is 4.70. The average Bonchev–Trinajstić information content (AvgIpc) is 3.17. The molecule has 0 radical (unpaired) electrons. The fraction of sp³-hybridized carbons (Fsp3) is 0.545. The van der Waals surface area contributed by atoms with Gasteiger partial charge in [0.15, 0.2) is 0 Å². The molecule has 2 N–H and O–H groups in total. The van der Waals surface area contributed by atoms with E-state index in [4.69, 9.17) is 0 Å². The molecule has 0 spiro atoms. The Morgan fingerprint density at radius 2 is 1.89 bits per heavy atom. The lowest BCUT2D eigenvalue weighted by Gasteiger charge is -2.34. The van der Waals surface area contributed by atoms with Crippen molar-refractivity contribution in [3.8, 4) is 11.3 Å². The van der Waals surface area contributed by atoms with Crippen LogP contribution in [0.15, 0.2) is 30.5 Å². The summed E-state index contributed by atoms with van der Waals surface area (Å²) in [7, 11) is 0. The van der Waals surface area contributed by atoms with Gasteiger partial charge in [0, 0.05) is 37.2 Å². The van der Waals surface area contributed by atoms with Crippen LogP contribution in [0.4, 0.5) is 0 Å². The Morgan fingerprint density at radius 1 is 1.22 bits per heavy atom. The summed E-state index contributed by atoms with van der Waals surface area (Å²) in [5, 5.41) is 11.0. The first-order chi connectivity index (χ1) is 13.1. The Bertz CT molecular complexity index is 725. The number of hydrogen-bond acceptors (Lipinski definition) is 3. The highest BCUT2D eigenvalue weighted by atomic mass is 16.2. The van der Waals surface area contributed by atoms with Gasteiger partial charge in [-0.05, 0) is 38.2 Å². The summed E-state index contributed by atoms with van der Waals surface area (Å²) in [6, 6.07) is 8.97. The SMILES string of the molecule is CCC(CC)C(=O)N1CCC(NCc2cn[nH]c2-c2ccc(C)cc2)CC1. The van der Waals surface area contributed by atoms with Crippen LogP contribution in [0.25, 0.3) is 11.3 Å². The molecule has 1 fully saturated rings. The lowest BCUT2D eigenvalue weighted by atomic mass is 9.98. The molecule has 1 saturated heterocycles. The third-order valence-electron chi connectivity index (χ3n) is 5.78. The van der Waals surface area contributed by atoms with Gasteiger partial charge >= 0.3 is 0 Å². The van der Waals surface area contributed by atoms with Crippen molar-refractivity contribution < 1.29 is 4.79 Å². The molecule has 146 valence electrons. The Balaban J connectivity index is 1.52. The third-order valence-corrected chi connectivity index (χ3v) is 5.78. The van der Waals surface area contributed by atoms with E-state index in [1.807, 2.05) is 6.20 Å². The van der Waals surface area contributed by atoms with Crippen LogP contribution in [0.3, 0.4) is 0 Å². The van der Waals surface area contributed by atoms with Crippen molar-refractivity contribution in [2.75, 3.05) is 13.1 Å². The number of carbonyl (C=O) groups is 1. The molecule has 0 unspecified atom stereocenters. The normalized spacial score (nSPS) is 15.5. The number of rotatable bonds is 7. The standard InChI is InChI=1S/C22H32N4O/c1-4-17(5-2)22(27)26-12-10-20(11-13-26)23-14-19-15-24-25-21(19)18-8-6-16(3)7-9-18/h6-9,15,17,20,23H,4-5,10-14H2,1-3H3,(H,24,25). The molecular formula is C22H32N4O. The lowest BCUT2D eigenvalue weighted by Crippen LogP contribution is -2.46. The summed E-state index contributed by atoms with van der Waals surface area (Å²) < 4.78 is 0. The molecule has 5 heteroatoms. The van der Waals surface area contributed by atoms with Crippen LogP contribution in [0.1, 0.15) is 50.7 Å². The minimum atomic E-state index is 0.192. The molecule has 1 amide bonds. The molecular weight excluding hydrogens is 336 g/mol. The zero-order valence-electron chi connectivity index (χ0n) is 16.8. The van der Waals surface area contributed by atoms with Crippen LogP contribution in [-0.4, -0.2) is 40.1 Å². The maximum atomic E-state index is 12.5. The topological polar surface area (TPSA) is 61.0 Å². The van der Waals surface area contributed by atoms with Crippen molar-refractivity contribution in [3.05, 3.63) is 41.6 Å². The lowest BCUT2D eigenvalue weighted by molar-refractivity contribution is -0.136. The number of piperidine rings is 1. The van der Waals surface area contributed by atoms with E-state index in [1.165, 1.54) is 16.7 Å². The molecule has 2 aromatic rings. The van der Waals surface area contributed by atoms with Crippen LogP contribution < -0.4 is 5.32 Å². The van der Waals surface area contributed by atoms with E-state index in [2.05, 4.69) is 65.5 Å². The van der Waals surface area contributed by atoms with Crippen LogP contribution in [0.2, 0.25) is 0 Å². The predicted octanol–water partition coefficient (Wildman–Crippen LogP) is 3.90. The van der Waals surface area contributed by atoms with Gasteiger partial charge in [0.1, 0.15) is 0 Å². The molecule has 1 aromatic heterocycles. The maximum absolute atomic E-state index is 12.5. The van der Waals surface area contributed by atoms with E-state index in [0.717, 1.165) is 51.0 Å². The highest BCUT2D eigenvalue weighted by Gasteiger charge is 2.26. The van der Waals surface area contributed by atoms with Crippen molar-refractivity contribution >= 4 is 5.91 Å². The van der Waals surface area contributed by atoms with Crippen molar-refractivity contribution in [1.82, 2.24) is 20.4 Å². The van der Waals surface area contributed by atoms with Gasteiger partial charge in [0.25, 0.3) is 0 Å². The molecule has 27 heavy (non-hydrogen) atoms. The van der Waals surface area contributed by atoms with E-state index in [0.29, 0.717) is 11.9 Å². The number of H-pyrrole nitrogens is 1. The first-order valence-corrected chi connectivity index (χ1v) is 10.2. The molecule has 0 bridgehead atoms. The molecule has 5 nitrogen and oxygen atoms in total. The van der Waals surface area contributed by atoms with Crippen molar-refractivity contribution in [3.63, 3.8) is 0 Å². The number of nitrogens with one attached hydrogen (secondary N) is 2. The summed E-state index contributed by atoms with van der Waals surface area (Å²) in [6.45, 7) is 8.84. The van der Waals surface area contributed by atoms with Crippen LogP contribution in [-0.2, 0) is 11.3 Å². The zero-order chi connectivity index (χ0) is 19.2. The first kappa shape index (κ1) is 19.6. The smallest absolute Gasteiger partial charge is 0.225 e. The summed E-state index contributed by atoms with van der Waals surface area (Å²) in [4.78, 5) is 14.6. The highest BCUT2D eigenvalue weighted by Crippen LogP contribution is 2.22. The average molecular weight is 369 g/mol. The summed E-state index contributed by atoms with van der Waals surface area (Å²) >= 11 is 0. The monoisotopic (exact) mass is 368 g/mol. The van der Waals surface area contributed by atoms with Crippen LogP contribution >= 0.6 is 0 Å². The van der Waals surface area contributed by atoms with Gasteiger partial charge in [0.05, 0.1) is 11.9 Å². The molecule has 1 aliphatic rings. The van der Waals surface area contributed by atoms with E-state index < -0.39 is 0 Å². The van der Waals surface area contributed by atoms with E-state index in [9.17, 15) is 4.79 Å². The second kappa shape index (κ2) is 9.18. The maximum Gasteiger partial charge on any atom is 0.225 e. The molecule has 2 heterocycles. The largest absolute Gasteiger partial charge is 0.342 e. The second-order valence-corrected chi connectivity index (χ2v) is 7.63. The van der Waals surface area contributed by atoms with Crippen molar-refractivity contribution in [1.29, 1.82) is 0 Å². The van der Waals surface area contributed by atoms with E-state index >= 15 is 0 Å². The van der Waals surface area contributed by atoms with Gasteiger partial charge in [0.2, 0.25) is 5.91 Å². The number of likely N-dealkylation sites (tertiary alicyclic amines) is 1. The number of amides is 1. The third kappa shape index (κ3) is 4.78. The van der Waals surface area contributed by atoms with E-state index in [1.54, 1.807) is 0 Å². The predicted molar refractivity (Wildman–Crippen MR) is 109 cm³/mol. The molecule has 1 aromatic carbocycles. The first-order valence-electron chi connectivity index (χ1n) is 10.2. The Hall–Kier alpha value is -2.14. The number of benzene rings is 1. The highest BCUT2D eigenvalue weighted by molar-refractivity contribution is 5.78. The minimum absolute atomic E-state index is 0.192. The summed E-state index contributed by atoms with van der Waals surface area (Å²) in [5.74, 6) is 0.535. The number of aryl methyl sites for hydroxylation is 1. The molecule has 1 aliphatic heterocycles. The fourth-order valence-electron chi connectivity index (χ4n) is 3.87. The fourth-order valence-corrected chi connectivity index (χ4v) is 3.87. The minimum Gasteiger partial charge on any atom is -0.342 e. The number of carbonyl (C=O) groups excluding carboxylic acids is 1. The molecule has 0 saturated carbocycles. The Morgan fingerprint density at radius 3 is 2.52 bits per heavy atom. The zero-order valence-corrected chi connectivity index (χ0v) is 16.8. The number of aromatic nitrogens is 2. The number of nitrogens with zero attached hydrogens (tertiary/aromatic N) is 2. The quantitative estimate of drug-likeness (QED) is 0.779. The van der Waals surface area contributed by atoms with E-state index in [-0.39, 0.29) is 5.92 Å².